The summed E-state index contributed by atoms with van der Waals surface area (Å²) in [6.07, 6.45) is -4.51. The number of rotatable bonds is 3. The van der Waals surface area contributed by atoms with Gasteiger partial charge < -0.3 is 5.32 Å². The lowest BCUT2D eigenvalue weighted by Crippen LogP contribution is -2.14. The Labute approximate surface area is 133 Å². The molecule has 0 radical (unpaired) electrons. The molecule has 1 heterocycles. The van der Waals surface area contributed by atoms with E-state index in [2.05, 4.69) is 15.5 Å². The Morgan fingerprint density at radius 3 is 2.52 bits per heavy atom. The van der Waals surface area contributed by atoms with Crippen LogP contribution in [0.1, 0.15) is 10.6 Å². The maximum absolute atomic E-state index is 12.4. The summed E-state index contributed by atoms with van der Waals surface area (Å²) in [5.74, 6) is -0.440. The number of carbonyl (C=O) groups excluding carboxylic acids is 1. The first-order valence-corrected chi connectivity index (χ1v) is 7.42. The molecule has 4 nitrogen and oxygen atoms in total. The summed E-state index contributed by atoms with van der Waals surface area (Å²) < 4.78 is 37.3. The molecule has 0 aliphatic carbocycles. The van der Waals surface area contributed by atoms with E-state index >= 15 is 0 Å². The van der Waals surface area contributed by atoms with E-state index in [1.54, 1.807) is 0 Å². The number of carbonyl (C=O) groups is 1. The van der Waals surface area contributed by atoms with Crippen molar-refractivity contribution in [2.45, 2.75) is 12.6 Å². The Balaban J connectivity index is 1.69. The highest BCUT2D eigenvalue weighted by atomic mass is 32.1. The summed E-state index contributed by atoms with van der Waals surface area (Å²) in [7, 11) is 0. The van der Waals surface area contributed by atoms with Gasteiger partial charge in [-0.15, -0.1) is 10.2 Å². The van der Waals surface area contributed by atoms with Crippen LogP contribution < -0.4 is 5.32 Å². The van der Waals surface area contributed by atoms with Crippen LogP contribution in [0.15, 0.2) is 42.5 Å². The van der Waals surface area contributed by atoms with E-state index < -0.39 is 17.1 Å². The highest BCUT2D eigenvalue weighted by Crippen LogP contribution is 2.33. The highest BCUT2D eigenvalue weighted by molar-refractivity contribution is 7.15. The molecule has 1 aromatic heterocycles. The molecule has 0 saturated carbocycles. The minimum atomic E-state index is -4.56. The minimum absolute atomic E-state index is 0.0474. The van der Waals surface area contributed by atoms with E-state index in [-0.39, 0.29) is 11.6 Å². The van der Waals surface area contributed by atoms with Crippen molar-refractivity contribution in [2.24, 2.45) is 0 Å². The predicted molar refractivity (Wildman–Crippen MR) is 81.2 cm³/mol. The van der Waals surface area contributed by atoms with E-state index in [0.717, 1.165) is 16.3 Å². The number of fused-ring (bicyclic) bond motifs is 1. The molecule has 2 aromatic carbocycles. The maximum Gasteiger partial charge on any atom is 0.445 e. The van der Waals surface area contributed by atoms with Crippen molar-refractivity contribution in [3.63, 3.8) is 0 Å². The lowest BCUT2D eigenvalue weighted by atomic mass is 10.1. The van der Waals surface area contributed by atoms with Crippen LogP contribution in [-0.2, 0) is 17.4 Å². The number of hydrogen-bond donors (Lipinski definition) is 1. The number of nitrogens with zero attached hydrogens (tertiary/aromatic N) is 2. The Kier molecular flexibility index (Phi) is 3.99. The molecule has 0 aliphatic heterocycles. The zero-order valence-electron chi connectivity index (χ0n) is 11.6. The van der Waals surface area contributed by atoms with Crippen LogP contribution in [0.4, 0.5) is 18.3 Å². The molecule has 0 aliphatic rings. The maximum atomic E-state index is 12.4. The van der Waals surface area contributed by atoms with Crippen molar-refractivity contribution < 1.29 is 18.0 Å². The number of halogens is 3. The molecule has 3 rings (SSSR count). The Morgan fingerprint density at radius 2 is 1.83 bits per heavy atom. The molecule has 0 spiro atoms. The zero-order chi connectivity index (χ0) is 16.4. The number of amides is 1. The first-order valence-electron chi connectivity index (χ1n) is 6.60. The van der Waals surface area contributed by atoms with Gasteiger partial charge in [0, 0.05) is 0 Å². The second-order valence-electron chi connectivity index (χ2n) is 4.82. The van der Waals surface area contributed by atoms with Gasteiger partial charge in [0.2, 0.25) is 16.0 Å². The first kappa shape index (κ1) is 15.4. The molecule has 118 valence electrons. The van der Waals surface area contributed by atoms with Gasteiger partial charge in [-0.2, -0.15) is 13.2 Å². The standard InChI is InChI=1S/C15H10F3N3OS/c16-15(17,18)13-20-21-14(23-13)19-12(22)8-9-5-6-10-3-1-2-4-11(10)7-9/h1-7H,8H2,(H,19,21,22). The fourth-order valence-electron chi connectivity index (χ4n) is 2.09. The van der Waals surface area contributed by atoms with E-state index in [1.807, 2.05) is 42.5 Å². The number of alkyl halides is 3. The number of anilines is 1. The molecule has 0 fully saturated rings. The van der Waals surface area contributed by atoms with Crippen LogP contribution in [0.25, 0.3) is 10.8 Å². The molecule has 1 amide bonds. The summed E-state index contributed by atoms with van der Waals surface area (Å²) in [6, 6.07) is 13.3. The average molecular weight is 337 g/mol. The zero-order valence-corrected chi connectivity index (χ0v) is 12.4. The van der Waals surface area contributed by atoms with Crippen molar-refractivity contribution in [1.82, 2.24) is 10.2 Å². The molecule has 3 aromatic rings. The van der Waals surface area contributed by atoms with Gasteiger partial charge >= 0.3 is 6.18 Å². The molecule has 0 bridgehead atoms. The highest BCUT2D eigenvalue weighted by Gasteiger charge is 2.35. The lowest BCUT2D eigenvalue weighted by molar-refractivity contribution is -0.138. The summed E-state index contributed by atoms with van der Waals surface area (Å²) in [4.78, 5) is 11.9. The summed E-state index contributed by atoms with van der Waals surface area (Å²) in [5, 5.41) is 9.48. The third kappa shape index (κ3) is 3.65. The fourth-order valence-corrected chi connectivity index (χ4v) is 2.71. The second-order valence-corrected chi connectivity index (χ2v) is 5.79. The van der Waals surface area contributed by atoms with Crippen molar-refractivity contribution in [1.29, 1.82) is 0 Å². The van der Waals surface area contributed by atoms with Crippen LogP contribution in [0.3, 0.4) is 0 Å². The first-order chi connectivity index (χ1) is 10.9. The molecule has 8 heteroatoms. The van der Waals surface area contributed by atoms with Crippen molar-refractivity contribution >= 4 is 33.1 Å². The van der Waals surface area contributed by atoms with Gasteiger partial charge in [-0.05, 0) is 16.3 Å². The quantitative estimate of drug-likeness (QED) is 0.789. The fraction of sp³-hybridized carbons (Fsp3) is 0.133. The van der Waals surface area contributed by atoms with Crippen LogP contribution in [0.2, 0.25) is 0 Å². The SMILES string of the molecule is O=C(Cc1ccc2ccccc2c1)Nc1nnc(C(F)(F)F)s1. The number of aromatic nitrogens is 2. The van der Waals surface area contributed by atoms with E-state index in [0.29, 0.717) is 11.3 Å². The summed E-state index contributed by atoms with van der Waals surface area (Å²) in [5.41, 5.74) is 0.766. The molecular weight excluding hydrogens is 327 g/mol. The normalized spacial score (nSPS) is 11.6. The van der Waals surface area contributed by atoms with E-state index in [1.165, 1.54) is 0 Å². The van der Waals surface area contributed by atoms with Gasteiger partial charge in [-0.1, -0.05) is 53.8 Å². The Bertz CT molecular complexity index is 860. The molecule has 0 atom stereocenters. The van der Waals surface area contributed by atoms with Gasteiger partial charge in [0.25, 0.3) is 0 Å². The number of nitrogens with one attached hydrogen (secondary N) is 1. The van der Waals surface area contributed by atoms with Crippen molar-refractivity contribution in [3.8, 4) is 0 Å². The topological polar surface area (TPSA) is 54.9 Å². The molecule has 0 unspecified atom stereocenters. The van der Waals surface area contributed by atoms with E-state index in [4.69, 9.17) is 0 Å². The third-order valence-electron chi connectivity index (χ3n) is 3.09. The van der Waals surface area contributed by atoms with Gasteiger partial charge in [0.05, 0.1) is 6.42 Å². The van der Waals surface area contributed by atoms with Crippen LogP contribution >= 0.6 is 11.3 Å². The smallest absolute Gasteiger partial charge is 0.300 e. The largest absolute Gasteiger partial charge is 0.445 e. The number of hydrogen-bond acceptors (Lipinski definition) is 4. The predicted octanol–water partition coefficient (Wildman–Crippen LogP) is 3.89. The average Bonchev–Trinajstić information content (AvgIpc) is 2.95. The van der Waals surface area contributed by atoms with Gasteiger partial charge in [0.15, 0.2) is 0 Å². The van der Waals surface area contributed by atoms with Crippen LogP contribution in [-0.4, -0.2) is 16.1 Å². The summed E-state index contributed by atoms with van der Waals surface area (Å²) >= 11 is 0.302. The van der Waals surface area contributed by atoms with Crippen LogP contribution in [0, 0.1) is 0 Å². The summed E-state index contributed by atoms with van der Waals surface area (Å²) in [6.45, 7) is 0. The van der Waals surface area contributed by atoms with Gasteiger partial charge in [0.1, 0.15) is 0 Å². The monoisotopic (exact) mass is 337 g/mol. The molecule has 23 heavy (non-hydrogen) atoms. The van der Waals surface area contributed by atoms with E-state index in [9.17, 15) is 18.0 Å². The second kappa shape index (κ2) is 5.96. The minimum Gasteiger partial charge on any atom is -0.300 e. The Morgan fingerprint density at radius 1 is 1.09 bits per heavy atom. The Hall–Kier alpha value is -2.48. The molecule has 1 N–H and O–H groups in total. The van der Waals surface area contributed by atoms with Crippen molar-refractivity contribution in [3.05, 3.63) is 53.0 Å². The van der Waals surface area contributed by atoms with Gasteiger partial charge in [-0.25, -0.2) is 0 Å². The van der Waals surface area contributed by atoms with Gasteiger partial charge in [-0.3, -0.25) is 4.79 Å². The van der Waals surface area contributed by atoms with Crippen LogP contribution in [0.5, 0.6) is 0 Å². The third-order valence-corrected chi connectivity index (χ3v) is 3.98. The number of benzene rings is 2. The molecule has 0 saturated heterocycles. The lowest BCUT2D eigenvalue weighted by Gasteiger charge is -2.04. The van der Waals surface area contributed by atoms with Crippen molar-refractivity contribution in [2.75, 3.05) is 5.32 Å². The molecular formula is C15H10F3N3OS.